The van der Waals surface area contributed by atoms with Crippen LogP contribution < -0.4 is 10.3 Å². The maximum atomic E-state index is 12.6. The van der Waals surface area contributed by atoms with Crippen LogP contribution in [0, 0.1) is 0 Å². The fourth-order valence-corrected chi connectivity index (χ4v) is 4.84. The highest BCUT2D eigenvalue weighted by Crippen LogP contribution is 2.40. The summed E-state index contributed by atoms with van der Waals surface area (Å²) in [5.41, 5.74) is 2.02. The van der Waals surface area contributed by atoms with Gasteiger partial charge in [-0.15, -0.1) is 0 Å². The van der Waals surface area contributed by atoms with Crippen LogP contribution in [0.4, 0.5) is 0 Å². The molecule has 2 aromatic carbocycles. The molecule has 26 heavy (non-hydrogen) atoms. The van der Waals surface area contributed by atoms with Crippen molar-refractivity contribution in [2.45, 2.75) is 11.4 Å². The number of methoxy groups -OCH3 is 1. The average molecular weight is 370 g/mol. The van der Waals surface area contributed by atoms with Gasteiger partial charge in [-0.1, -0.05) is 18.2 Å². The molecule has 0 N–H and O–H groups in total. The molecule has 0 aliphatic carbocycles. The summed E-state index contributed by atoms with van der Waals surface area (Å²) >= 11 is 0. The van der Waals surface area contributed by atoms with Gasteiger partial charge < -0.3 is 9.30 Å². The van der Waals surface area contributed by atoms with Crippen molar-refractivity contribution in [2.75, 3.05) is 14.2 Å². The molecule has 1 aliphatic heterocycles. The predicted molar refractivity (Wildman–Crippen MR) is 99.8 cm³/mol. The molecular formula is C19H18N2O4S. The Morgan fingerprint density at radius 2 is 1.73 bits per heavy atom. The second-order valence-corrected chi connectivity index (χ2v) is 8.44. The van der Waals surface area contributed by atoms with Gasteiger partial charge >= 0.3 is 0 Å². The molecule has 1 aliphatic rings. The molecule has 0 amide bonds. The number of ether oxygens (including phenoxy) is 1. The largest absolute Gasteiger partial charge is 0.496 e. The molecule has 0 fully saturated rings. The van der Waals surface area contributed by atoms with Crippen molar-refractivity contribution in [3.63, 3.8) is 0 Å². The summed E-state index contributed by atoms with van der Waals surface area (Å²) in [4.78, 5) is 12.7. The highest BCUT2D eigenvalue weighted by molar-refractivity contribution is 7.89. The minimum absolute atomic E-state index is 0.100. The van der Waals surface area contributed by atoms with E-state index in [-0.39, 0.29) is 10.5 Å². The van der Waals surface area contributed by atoms with Crippen LogP contribution in [0.3, 0.4) is 0 Å². The normalized spacial score (nSPS) is 16.0. The minimum atomic E-state index is -3.50. The fourth-order valence-electron chi connectivity index (χ4n) is 3.47. The molecule has 0 spiro atoms. The SMILES string of the molecule is COc1cc2c(cc1-c1cn(C)c(=O)c3ccccc13)S(=O)(=O)N(C)C2. The molecule has 2 heterocycles. The van der Waals surface area contributed by atoms with Crippen LogP contribution in [-0.2, 0) is 23.6 Å². The molecular weight excluding hydrogens is 352 g/mol. The Kier molecular flexibility index (Phi) is 3.68. The number of benzene rings is 2. The van der Waals surface area contributed by atoms with Crippen LogP contribution in [0.15, 0.2) is 52.3 Å². The lowest BCUT2D eigenvalue weighted by atomic mass is 9.98. The number of aryl methyl sites for hydroxylation is 1. The number of pyridine rings is 1. The van der Waals surface area contributed by atoms with Crippen LogP contribution in [0.2, 0.25) is 0 Å². The molecule has 0 bridgehead atoms. The van der Waals surface area contributed by atoms with E-state index in [4.69, 9.17) is 4.74 Å². The van der Waals surface area contributed by atoms with Crippen LogP contribution in [0.5, 0.6) is 5.75 Å². The molecule has 0 saturated heterocycles. The third-order valence-corrected chi connectivity index (χ3v) is 6.73. The molecule has 7 heteroatoms. The smallest absolute Gasteiger partial charge is 0.258 e. The van der Waals surface area contributed by atoms with E-state index in [1.807, 2.05) is 18.2 Å². The van der Waals surface area contributed by atoms with Crippen LogP contribution in [0.25, 0.3) is 21.9 Å². The van der Waals surface area contributed by atoms with Crippen LogP contribution in [0.1, 0.15) is 5.56 Å². The number of fused-ring (bicyclic) bond motifs is 2. The standard InChI is InChI=1S/C19H18N2O4S/c1-20-11-16(13-6-4-5-7-14(13)19(20)22)15-9-18-12(8-17(15)25-3)10-21(2)26(18,23)24/h4-9,11H,10H2,1-3H3. The molecule has 3 aromatic rings. The van der Waals surface area contributed by atoms with Gasteiger partial charge in [0.2, 0.25) is 10.0 Å². The lowest BCUT2D eigenvalue weighted by Crippen LogP contribution is -2.18. The maximum absolute atomic E-state index is 12.6. The van der Waals surface area contributed by atoms with E-state index in [9.17, 15) is 13.2 Å². The number of hydrogen-bond donors (Lipinski definition) is 0. The fraction of sp³-hybridized carbons (Fsp3) is 0.211. The van der Waals surface area contributed by atoms with Crippen molar-refractivity contribution in [3.8, 4) is 16.9 Å². The van der Waals surface area contributed by atoms with E-state index in [0.29, 0.717) is 28.8 Å². The Labute approximate surface area is 151 Å². The van der Waals surface area contributed by atoms with Gasteiger partial charge in [0.05, 0.1) is 12.0 Å². The van der Waals surface area contributed by atoms with Crippen molar-refractivity contribution < 1.29 is 13.2 Å². The predicted octanol–water partition coefficient (Wildman–Crippen LogP) is 2.35. The summed E-state index contributed by atoms with van der Waals surface area (Å²) in [6.45, 7) is 0.322. The van der Waals surface area contributed by atoms with Gasteiger partial charge in [-0.2, -0.15) is 4.31 Å². The van der Waals surface area contributed by atoms with E-state index < -0.39 is 10.0 Å². The number of aromatic nitrogens is 1. The maximum Gasteiger partial charge on any atom is 0.258 e. The lowest BCUT2D eigenvalue weighted by molar-refractivity contribution is 0.415. The second-order valence-electron chi connectivity index (χ2n) is 6.43. The van der Waals surface area contributed by atoms with E-state index in [0.717, 1.165) is 10.9 Å². The highest BCUT2D eigenvalue weighted by Gasteiger charge is 2.33. The monoisotopic (exact) mass is 370 g/mol. The van der Waals surface area contributed by atoms with Crippen molar-refractivity contribution in [1.29, 1.82) is 0 Å². The zero-order valence-corrected chi connectivity index (χ0v) is 15.5. The third kappa shape index (κ3) is 2.28. The van der Waals surface area contributed by atoms with E-state index >= 15 is 0 Å². The first-order valence-electron chi connectivity index (χ1n) is 8.10. The van der Waals surface area contributed by atoms with E-state index in [1.165, 1.54) is 8.87 Å². The zero-order valence-electron chi connectivity index (χ0n) is 14.7. The number of hydrogen-bond acceptors (Lipinski definition) is 4. The third-order valence-electron chi connectivity index (χ3n) is 4.84. The minimum Gasteiger partial charge on any atom is -0.496 e. The molecule has 0 radical (unpaired) electrons. The average Bonchev–Trinajstić information content (AvgIpc) is 2.85. The molecule has 6 nitrogen and oxygen atoms in total. The first-order valence-corrected chi connectivity index (χ1v) is 9.54. The molecule has 4 rings (SSSR count). The van der Waals surface area contributed by atoms with Gasteiger partial charge in [0.25, 0.3) is 5.56 Å². The zero-order chi connectivity index (χ0) is 18.6. The van der Waals surface area contributed by atoms with E-state index in [1.54, 1.807) is 45.6 Å². The Hall–Kier alpha value is -2.64. The summed E-state index contributed by atoms with van der Waals surface area (Å²) in [5.74, 6) is 0.582. The van der Waals surface area contributed by atoms with Crippen molar-refractivity contribution in [1.82, 2.24) is 8.87 Å². The molecule has 0 atom stereocenters. The van der Waals surface area contributed by atoms with Gasteiger partial charge in [-0.3, -0.25) is 4.79 Å². The van der Waals surface area contributed by atoms with Gasteiger partial charge in [-0.05, 0) is 29.1 Å². The molecule has 1 aromatic heterocycles. The number of rotatable bonds is 2. The first-order chi connectivity index (χ1) is 12.3. The van der Waals surface area contributed by atoms with Gasteiger partial charge in [0, 0.05) is 43.4 Å². The summed E-state index contributed by atoms with van der Waals surface area (Å²) in [5, 5.41) is 1.34. The van der Waals surface area contributed by atoms with Gasteiger partial charge in [0.1, 0.15) is 5.75 Å². The molecule has 0 unspecified atom stereocenters. The molecule has 134 valence electrons. The van der Waals surface area contributed by atoms with Crippen LogP contribution in [-0.4, -0.2) is 31.4 Å². The van der Waals surface area contributed by atoms with Crippen molar-refractivity contribution >= 4 is 20.8 Å². The molecule has 0 saturated carbocycles. The summed E-state index contributed by atoms with van der Waals surface area (Å²) in [6, 6.07) is 10.7. The summed E-state index contributed by atoms with van der Waals surface area (Å²) in [7, 11) is 1.30. The van der Waals surface area contributed by atoms with Gasteiger partial charge in [0.15, 0.2) is 0 Å². The topological polar surface area (TPSA) is 68.6 Å². The Balaban J connectivity index is 2.10. The Morgan fingerprint density at radius 1 is 1.04 bits per heavy atom. The van der Waals surface area contributed by atoms with Gasteiger partial charge in [-0.25, -0.2) is 8.42 Å². The number of nitrogens with zero attached hydrogens (tertiary/aromatic N) is 2. The summed E-state index contributed by atoms with van der Waals surface area (Å²) < 4.78 is 33.5. The second kappa shape index (κ2) is 5.69. The van der Waals surface area contributed by atoms with E-state index in [2.05, 4.69) is 0 Å². The number of sulfonamides is 1. The first kappa shape index (κ1) is 16.8. The summed E-state index contributed by atoms with van der Waals surface area (Å²) in [6.07, 6.45) is 1.72. The van der Waals surface area contributed by atoms with Crippen molar-refractivity contribution in [2.24, 2.45) is 7.05 Å². The Bertz CT molecular complexity index is 1210. The Morgan fingerprint density at radius 3 is 2.42 bits per heavy atom. The highest BCUT2D eigenvalue weighted by atomic mass is 32.2. The van der Waals surface area contributed by atoms with Crippen LogP contribution >= 0.6 is 0 Å². The lowest BCUT2D eigenvalue weighted by Gasteiger charge is -2.14. The quantitative estimate of drug-likeness (QED) is 0.694. The van der Waals surface area contributed by atoms with Crippen molar-refractivity contribution in [3.05, 3.63) is 58.5 Å².